The number of aryl methyl sites for hydroxylation is 1. The molecule has 0 unspecified atom stereocenters. The van der Waals surface area contributed by atoms with Gasteiger partial charge in [0.05, 0.1) is 6.61 Å². The lowest BCUT2D eigenvalue weighted by molar-refractivity contribution is 0.0507. The fourth-order valence-corrected chi connectivity index (χ4v) is 3.69. The maximum Gasteiger partial charge on any atom is 0.374 e. The number of carbonyl (C=O) groups is 3. The maximum absolute atomic E-state index is 12.7. The molecule has 2 amide bonds. The Morgan fingerprint density at radius 2 is 1.58 bits per heavy atom. The molecule has 0 spiro atoms. The van der Waals surface area contributed by atoms with Crippen LogP contribution in [0.25, 0.3) is 21.9 Å². The Balaban J connectivity index is 1.31. The highest BCUT2D eigenvalue weighted by atomic mass is 16.5. The molecule has 4 N–H and O–H groups in total. The van der Waals surface area contributed by atoms with Crippen LogP contribution in [0.5, 0.6) is 0 Å². The standard InChI is InChI=1S/C25H21N5O6/c1-3-34-25(33)22-28-21(12-30(22)2)29-24(32)20-11-14-9-16(5-7-18(14)36-20)27-23(31)19-10-13-8-15(26)4-6-17(13)35-19/h4-12H,3,26H2,1-2H3,(H,27,31)(H,29,32). The Bertz CT molecular complexity index is 1640. The van der Waals surface area contributed by atoms with Crippen LogP contribution in [-0.4, -0.2) is 33.9 Å². The van der Waals surface area contributed by atoms with Gasteiger partial charge in [0.25, 0.3) is 11.8 Å². The molecular weight excluding hydrogens is 466 g/mol. The lowest BCUT2D eigenvalue weighted by Gasteiger charge is -2.02. The van der Waals surface area contributed by atoms with Crippen LogP contribution in [0, 0.1) is 0 Å². The number of amides is 2. The van der Waals surface area contributed by atoms with Gasteiger partial charge in [-0.05, 0) is 55.5 Å². The lowest BCUT2D eigenvalue weighted by Crippen LogP contribution is -2.12. The summed E-state index contributed by atoms with van der Waals surface area (Å²) in [6.07, 6.45) is 1.49. The number of nitrogens with zero attached hydrogens (tertiary/aromatic N) is 2. The number of esters is 1. The first-order valence-electron chi connectivity index (χ1n) is 11.0. The van der Waals surface area contributed by atoms with Crippen LogP contribution in [0.2, 0.25) is 0 Å². The maximum atomic E-state index is 12.7. The molecule has 182 valence electrons. The topological polar surface area (TPSA) is 155 Å². The molecule has 0 radical (unpaired) electrons. The van der Waals surface area contributed by atoms with Crippen molar-refractivity contribution >= 4 is 56.9 Å². The highest BCUT2D eigenvalue weighted by molar-refractivity contribution is 6.07. The molecular formula is C25H21N5O6. The van der Waals surface area contributed by atoms with Crippen molar-refractivity contribution < 1.29 is 28.0 Å². The zero-order valence-corrected chi connectivity index (χ0v) is 19.3. The summed E-state index contributed by atoms with van der Waals surface area (Å²) >= 11 is 0. The number of ether oxygens (including phenoxy) is 1. The van der Waals surface area contributed by atoms with E-state index in [0.29, 0.717) is 27.9 Å². The van der Waals surface area contributed by atoms with Gasteiger partial charge in [-0.2, -0.15) is 0 Å². The van der Waals surface area contributed by atoms with Crippen LogP contribution < -0.4 is 16.4 Å². The highest BCUT2D eigenvalue weighted by Gasteiger charge is 2.19. The summed E-state index contributed by atoms with van der Waals surface area (Å²) in [5.41, 5.74) is 7.84. The van der Waals surface area contributed by atoms with E-state index in [-0.39, 0.29) is 29.8 Å². The van der Waals surface area contributed by atoms with E-state index in [0.717, 1.165) is 5.39 Å². The molecule has 11 heteroatoms. The van der Waals surface area contributed by atoms with Gasteiger partial charge in [0.2, 0.25) is 5.82 Å². The molecule has 0 saturated carbocycles. The molecule has 0 atom stereocenters. The van der Waals surface area contributed by atoms with Crippen LogP contribution in [0.4, 0.5) is 17.2 Å². The third-order valence-electron chi connectivity index (χ3n) is 5.34. The first-order valence-corrected chi connectivity index (χ1v) is 11.0. The van der Waals surface area contributed by atoms with Crippen molar-refractivity contribution in [2.24, 2.45) is 7.05 Å². The minimum atomic E-state index is -0.592. The number of aromatic nitrogens is 2. The first kappa shape index (κ1) is 22.7. The number of hydrogen-bond acceptors (Lipinski definition) is 8. The molecule has 11 nitrogen and oxygen atoms in total. The Labute approximate surface area is 203 Å². The Morgan fingerprint density at radius 1 is 0.944 bits per heavy atom. The monoisotopic (exact) mass is 487 g/mol. The summed E-state index contributed by atoms with van der Waals surface area (Å²) < 4.78 is 17.6. The predicted octanol–water partition coefficient (Wildman–Crippen LogP) is 4.18. The van der Waals surface area contributed by atoms with E-state index in [1.807, 2.05) is 0 Å². The van der Waals surface area contributed by atoms with E-state index in [1.54, 1.807) is 62.5 Å². The van der Waals surface area contributed by atoms with E-state index in [4.69, 9.17) is 19.3 Å². The van der Waals surface area contributed by atoms with Crippen molar-refractivity contribution in [2.45, 2.75) is 6.92 Å². The number of anilines is 3. The third kappa shape index (κ3) is 4.37. The van der Waals surface area contributed by atoms with Crippen molar-refractivity contribution in [3.8, 4) is 0 Å². The van der Waals surface area contributed by atoms with Gasteiger partial charge in [-0.1, -0.05) is 0 Å². The number of hydrogen-bond donors (Lipinski definition) is 3. The van der Waals surface area contributed by atoms with Crippen molar-refractivity contribution in [1.82, 2.24) is 9.55 Å². The smallest absolute Gasteiger partial charge is 0.374 e. The molecule has 0 aliphatic rings. The predicted molar refractivity (Wildman–Crippen MR) is 132 cm³/mol. The second-order valence-corrected chi connectivity index (χ2v) is 7.96. The minimum Gasteiger partial charge on any atom is -0.460 e. The zero-order chi connectivity index (χ0) is 25.4. The van der Waals surface area contributed by atoms with Gasteiger partial charge < -0.3 is 34.5 Å². The molecule has 0 fully saturated rings. The average Bonchev–Trinajstić information content (AvgIpc) is 3.55. The summed E-state index contributed by atoms with van der Waals surface area (Å²) in [7, 11) is 1.62. The fourth-order valence-electron chi connectivity index (χ4n) is 3.69. The van der Waals surface area contributed by atoms with Gasteiger partial charge >= 0.3 is 5.97 Å². The van der Waals surface area contributed by atoms with Gasteiger partial charge in [-0.25, -0.2) is 9.78 Å². The first-order chi connectivity index (χ1) is 17.3. The molecule has 0 aliphatic carbocycles. The lowest BCUT2D eigenvalue weighted by atomic mass is 10.2. The van der Waals surface area contributed by atoms with Crippen molar-refractivity contribution in [3.63, 3.8) is 0 Å². The number of rotatable bonds is 6. The van der Waals surface area contributed by atoms with Crippen LogP contribution in [0.3, 0.4) is 0 Å². The number of nitrogens with one attached hydrogen (secondary N) is 2. The summed E-state index contributed by atoms with van der Waals surface area (Å²) in [5.74, 6) is -1.17. The van der Waals surface area contributed by atoms with Gasteiger partial charge in [0.15, 0.2) is 17.3 Å². The zero-order valence-electron chi connectivity index (χ0n) is 19.3. The summed E-state index contributed by atoms with van der Waals surface area (Å²) in [6.45, 7) is 1.90. The number of fused-ring (bicyclic) bond motifs is 2. The van der Waals surface area contributed by atoms with Gasteiger partial charge in [-0.15, -0.1) is 0 Å². The number of furan rings is 2. The summed E-state index contributed by atoms with van der Waals surface area (Å²) in [5, 5.41) is 6.70. The van der Waals surface area contributed by atoms with Crippen molar-refractivity contribution in [1.29, 1.82) is 0 Å². The number of benzene rings is 2. The van der Waals surface area contributed by atoms with Crippen LogP contribution in [0.15, 0.2) is 63.6 Å². The molecule has 0 bridgehead atoms. The van der Waals surface area contributed by atoms with Crippen molar-refractivity contribution in [2.75, 3.05) is 23.0 Å². The summed E-state index contributed by atoms with van der Waals surface area (Å²) in [6, 6.07) is 13.2. The Morgan fingerprint density at radius 3 is 2.28 bits per heavy atom. The summed E-state index contributed by atoms with van der Waals surface area (Å²) in [4.78, 5) is 41.4. The van der Waals surface area contributed by atoms with E-state index >= 15 is 0 Å². The highest BCUT2D eigenvalue weighted by Crippen LogP contribution is 2.26. The molecule has 3 aromatic heterocycles. The molecule has 2 aromatic carbocycles. The second-order valence-electron chi connectivity index (χ2n) is 7.96. The molecule has 5 aromatic rings. The molecule has 3 heterocycles. The molecule has 0 aliphatic heterocycles. The second kappa shape index (κ2) is 8.95. The SMILES string of the molecule is CCOC(=O)c1nc(NC(=O)c2cc3cc(NC(=O)c4cc5cc(N)ccc5o4)ccc3o2)cn1C. The number of imidazole rings is 1. The third-order valence-corrected chi connectivity index (χ3v) is 5.34. The van der Waals surface area contributed by atoms with Gasteiger partial charge in [0.1, 0.15) is 11.2 Å². The number of nitrogen functional groups attached to an aromatic ring is 1. The molecule has 5 rings (SSSR count). The normalized spacial score (nSPS) is 11.1. The fraction of sp³-hybridized carbons (Fsp3) is 0.120. The largest absolute Gasteiger partial charge is 0.460 e. The van der Waals surface area contributed by atoms with Crippen LogP contribution in [0.1, 0.15) is 38.7 Å². The minimum absolute atomic E-state index is 0.0340. The number of carbonyl (C=O) groups excluding carboxylic acids is 3. The van der Waals surface area contributed by atoms with E-state index in [2.05, 4.69) is 15.6 Å². The Kier molecular flexibility index (Phi) is 5.65. The van der Waals surface area contributed by atoms with Gasteiger partial charge in [0, 0.05) is 35.4 Å². The van der Waals surface area contributed by atoms with Crippen molar-refractivity contribution in [3.05, 3.63) is 72.1 Å². The molecule has 0 saturated heterocycles. The Hall–Kier alpha value is -5.06. The van der Waals surface area contributed by atoms with E-state index in [9.17, 15) is 14.4 Å². The average molecular weight is 487 g/mol. The quantitative estimate of drug-likeness (QED) is 0.238. The van der Waals surface area contributed by atoms with E-state index < -0.39 is 17.8 Å². The number of nitrogens with two attached hydrogens (primary N) is 1. The van der Waals surface area contributed by atoms with Crippen LogP contribution >= 0.6 is 0 Å². The molecule has 36 heavy (non-hydrogen) atoms. The van der Waals surface area contributed by atoms with E-state index in [1.165, 1.54) is 10.8 Å². The van der Waals surface area contributed by atoms with Crippen LogP contribution in [-0.2, 0) is 11.8 Å². The van der Waals surface area contributed by atoms with Gasteiger partial charge in [-0.3, -0.25) is 9.59 Å².